The predicted octanol–water partition coefficient (Wildman–Crippen LogP) is 5.41. The van der Waals surface area contributed by atoms with E-state index in [1.165, 1.54) is 5.56 Å². The van der Waals surface area contributed by atoms with Crippen molar-refractivity contribution in [3.05, 3.63) is 71.4 Å². The lowest BCUT2D eigenvalue weighted by Crippen LogP contribution is -1.92. The third kappa shape index (κ3) is 2.85. The second kappa shape index (κ2) is 6.67. The largest absolute Gasteiger partial charge is 0.496 e. The van der Waals surface area contributed by atoms with Crippen LogP contribution in [0.3, 0.4) is 0 Å². The Balaban J connectivity index is 2.19. The van der Waals surface area contributed by atoms with Crippen molar-refractivity contribution in [1.82, 2.24) is 9.97 Å². The zero-order valence-electron chi connectivity index (χ0n) is 13.2. The van der Waals surface area contributed by atoms with Crippen LogP contribution in [-0.4, -0.2) is 17.1 Å². The van der Waals surface area contributed by atoms with Gasteiger partial charge in [-0.15, -0.1) is 0 Å². The molecule has 0 atom stereocenters. The number of aromatic nitrogens is 2. The van der Waals surface area contributed by atoms with E-state index >= 15 is 0 Å². The van der Waals surface area contributed by atoms with Gasteiger partial charge in [0, 0.05) is 34.5 Å². The summed E-state index contributed by atoms with van der Waals surface area (Å²) >= 11 is 1.68. The molecular formula is C19H18N2OS. The van der Waals surface area contributed by atoms with Crippen molar-refractivity contribution >= 4 is 27.9 Å². The number of thiophene rings is 1. The van der Waals surface area contributed by atoms with Crippen LogP contribution in [0.15, 0.2) is 65.9 Å². The molecule has 0 fully saturated rings. The number of pyridine rings is 1. The van der Waals surface area contributed by atoms with Crippen molar-refractivity contribution in [2.45, 2.75) is 6.92 Å². The van der Waals surface area contributed by atoms with Gasteiger partial charge in [-0.1, -0.05) is 18.7 Å². The Kier molecular flexibility index (Phi) is 4.44. The van der Waals surface area contributed by atoms with Crippen LogP contribution < -0.4 is 0 Å². The van der Waals surface area contributed by atoms with Crippen LogP contribution in [0.25, 0.3) is 27.7 Å². The summed E-state index contributed by atoms with van der Waals surface area (Å²) in [6.07, 6.45) is 9.54. The fourth-order valence-electron chi connectivity index (χ4n) is 2.62. The maximum atomic E-state index is 5.50. The van der Waals surface area contributed by atoms with E-state index in [1.807, 2.05) is 31.5 Å². The molecule has 0 aromatic carbocycles. The second-order valence-corrected chi connectivity index (χ2v) is 5.79. The Morgan fingerprint density at radius 2 is 2.26 bits per heavy atom. The van der Waals surface area contributed by atoms with Crippen molar-refractivity contribution in [1.29, 1.82) is 0 Å². The summed E-state index contributed by atoms with van der Waals surface area (Å²) in [6.45, 7) is 5.77. The third-order valence-electron chi connectivity index (χ3n) is 3.71. The highest BCUT2D eigenvalue weighted by Crippen LogP contribution is 2.32. The summed E-state index contributed by atoms with van der Waals surface area (Å²) in [5.41, 5.74) is 5.20. The molecule has 0 aliphatic rings. The van der Waals surface area contributed by atoms with Gasteiger partial charge < -0.3 is 9.72 Å². The number of H-pyrrole nitrogens is 1. The number of aromatic amines is 1. The van der Waals surface area contributed by atoms with Gasteiger partial charge >= 0.3 is 0 Å². The van der Waals surface area contributed by atoms with Gasteiger partial charge in [-0.3, -0.25) is 0 Å². The molecule has 0 aliphatic carbocycles. The minimum Gasteiger partial charge on any atom is -0.496 e. The molecule has 0 saturated heterocycles. The first-order valence-electron chi connectivity index (χ1n) is 7.32. The number of hydrogen-bond acceptors (Lipinski definition) is 3. The SMILES string of the molecule is C=C/C=C(\C(=C/C)OC)c1c[nH]c2ncc(-c3ccsc3)cc12. The van der Waals surface area contributed by atoms with Crippen LogP contribution in [0.5, 0.6) is 0 Å². The molecule has 0 radical (unpaired) electrons. The molecule has 116 valence electrons. The molecule has 0 aliphatic heterocycles. The summed E-state index contributed by atoms with van der Waals surface area (Å²) in [5.74, 6) is 0.812. The number of nitrogens with one attached hydrogen (secondary N) is 1. The molecule has 3 rings (SSSR count). The highest BCUT2D eigenvalue weighted by Gasteiger charge is 2.14. The average Bonchev–Trinajstić information content (AvgIpc) is 3.24. The van der Waals surface area contributed by atoms with Crippen LogP contribution in [-0.2, 0) is 4.74 Å². The molecule has 0 spiro atoms. The van der Waals surface area contributed by atoms with E-state index in [4.69, 9.17) is 4.74 Å². The van der Waals surface area contributed by atoms with Crippen LogP contribution in [0.2, 0.25) is 0 Å². The Bertz CT molecular complexity index is 885. The van der Waals surface area contributed by atoms with Gasteiger partial charge in [0.05, 0.1) is 7.11 Å². The summed E-state index contributed by atoms with van der Waals surface area (Å²) < 4.78 is 5.50. The van der Waals surface area contributed by atoms with Gasteiger partial charge in [-0.25, -0.2) is 4.98 Å². The zero-order valence-corrected chi connectivity index (χ0v) is 14.0. The highest BCUT2D eigenvalue weighted by atomic mass is 32.1. The average molecular weight is 322 g/mol. The van der Waals surface area contributed by atoms with Crippen molar-refractivity contribution in [2.24, 2.45) is 0 Å². The van der Waals surface area contributed by atoms with Gasteiger partial charge in [0.2, 0.25) is 0 Å². The number of nitrogens with zero attached hydrogens (tertiary/aromatic N) is 1. The van der Waals surface area contributed by atoms with Crippen LogP contribution >= 0.6 is 11.3 Å². The molecule has 0 amide bonds. The fourth-order valence-corrected chi connectivity index (χ4v) is 3.28. The van der Waals surface area contributed by atoms with E-state index in [1.54, 1.807) is 24.5 Å². The number of hydrogen-bond donors (Lipinski definition) is 1. The molecule has 3 aromatic rings. The zero-order chi connectivity index (χ0) is 16.2. The first-order chi connectivity index (χ1) is 11.3. The summed E-state index contributed by atoms with van der Waals surface area (Å²) in [5, 5.41) is 5.27. The Morgan fingerprint density at radius 1 is 1.39 bits per heavy atom. The highest BCUT2D eigenvalue weighted by molar-refractivity contribution is 7.08. The maximum Gasteiger partial charge on any atom is 0.137 e. The van der Waals surface area contributed by atoms with E-state index in [0.29, 0.717) is 0 Å². The molecular weight excluding hydrogens is 304 g/mol. The lowest BCUT2D eigenvalue weighted by Gasteiger charge is -2.10. The molecule has 3 nitrogen and oxygen atoms in total. The van der Waals surface area contributed by atoms with Gasteiger partial charge in [0.1, 0.15) is 11.4 Å². The molecule has 0 saturated carbocycles. The molecule has 1 N–H and O–H groups in total. The quantitative estimate of drug-likeness (QED) is 0.504. The number of allylic oxidation sites excluding steroid dienone is 4. The van der Waals surface area contributed by atoms with Crippen molar-refractivity contribution in [3.63, 3.8) is 0 Å². The van der Waals surface area contributed by atoms with Gasteiger partial charge in [0.15, 0.2) is 0 Å². The van der Waals surface area contributed by atoms with Crippen molar-refractivity contribution in [3.8, 4) is 11.1 Å². The minimum absolute atomic E-state index is 0.812. The van der Waals surface area contributed by atoms with E-state index < -0.39 is 0 Å². The Morgan fingerprint density at radius 3 is 2.91 bits per heavy atom. The van der Waals surface area contributed by atoms with E-state index in [0.717, 1.165) is 33.5 Å². The Hall–Kier alpha value is -2.59. The molecule has 3 aromatic heterocycles. The molecule has 3 heterocycles. The van der Waals surface area contributed by atoms with Crippen molar-refractivity contribution < 1.29 is 4.74 Å². The first kappa shape index (κ1) is 15.3. The van der Waals surface area contributed by atoms with Crippen LogP contribution in [0, 0.1) is 0 Å². The van der Waals surface area contributed by atoms with Gasteiger partial charge in [-0.05, 0) is 41.5 Å². The van der Waals surface area contributed by atoms with Gasteiger partial charge in [-0.2, -0.15) is 11.3 Å². The monoisotopic (exact) mass is 322 g/mol. The van der Waals surface area contributed by atoms with E-state index in [-0.39, 0.29) is 0 Å². The van der Waals surface area contributed by atoms with E-state index in [2.05, 4.69) is 39.4 Å². The van der Waals surface area contributed by atoms with E-state index in [9.17, 15) is 0 Å². The molecule has 0 bridgehead atoms. The predicted molar refractivity (Wildman–Crippen MR) is 98.3 cm³/mol. The maximum absolute atomic E-state index is 5.50. The fraction of sp³-hybridized carbons (Fsp3) is 0.105. The topological polar surface area (TPSA) is 37.9 Å². The number of methoxy groups -OCH3 is 1. The summed E-state index contributed by atoms with van der Waals surface area (Å²) in [7, 11) is 1.68. The molecule has 4 heteroatoms. The smallest absolute Gasteiger partial charge is 0.137 e. The first-order valence-corrected chi connectivity index (χ1v) is 8.26. The number of fused-ring (bicyclic) bond motifs is 1. The van der Waals surface area contributed by atoms with Crippen LogP contribution in [0.4, 0.5) is 0 Å². The summed E-state index contributed by atoms with van der Waals surface area (Å²) in [6, 6.07) is 4.27. The number of rotatable bonds is 5. The normalized spacial score (nSPS) is 12.6. The van der Waals surface area contributed by atoms with Crippen molar-refractivity contribution in [2.75, 3.05) is 7.11 Å². The van der Waals surface area contributed by atoms with Crippen LogP contribution in [0.1, 0.15) is 12.5 Å². The molecule has 23 heavy (non-hydrogen) atoms. The van der Waals surface area contributed by atoms with Gasteiger partial charge in [0.25, 0.3) is 0 Å². The summed E-state index contributed by atoms with van der Waals surface area (Å²) in [4.78, 5) is 7.78. The lowest BCUT2D eigenvalue weighted by molar-refractivity contribution is 0.310. The molecule has 0 unspecified atom stereocenters. The Labute approximate surface area is 139 Å². The second-order valence-electron chi connectivity index (χ2n) is 5.01. The number of ether oxygens (including phenoxy) is 1. The lowest BCUT2D eigenvalue weighted by atomic mass is 10.0. The standard InChI is InChI=1S/C19H18N2OS/c1-4-6-15(18(5-2)22-3)17-11-21-19-16(17)9-14(10-20-19)13-7-8-23-12-13/h4-12H,1H2,2-3H3,(H,20,21)/b15-6-,18-5+. The minimum atomic E-state index is 0.812. The third-order valence-corrected chi connectivity index (χ3v) is 4.39.